The Balaban J connectivity index is 2.64. The lowest BCUT2D eigenvalue weighted by molar-refractivity contribution is 0.415. The smallest absolute Gasteiger partial charge is 0.119 e. The van der Waals surface area contributed by atoms with Crippen molar-refractivity contribution >= 4 is 5.69 Å². The van der Waals surface area contributed by atoms with Gasteiger partial charge in [0, 0.05) is 11.2 Å². The van der Waals surface area contributed by atoms with E-state index in [0.717, 1.165) is 17.9 Å². The average Bonchev–Trinajstić information content (AvgIpc) is 2.18. The average molecular weight is 208 g/mol. The summed E-state index contributed by atoms with van der Waals surface area (Å²) in [5.74, 6) is 0.872. The number of benzene rings is 1. The molecule has 0 aliphatic heterocycles. The molecule has 0 aliphatic rings. The van der Waals surface area contributed by atoms with E-state index < -0.39 is 0 Å². The van der Waals surface area contributed by atoms with Gasteiger partial charge in [-0.25, -0.2) is 0 Å². The summed E-state index contributed by atoms with van der Waals surface area (Å²) in [6.07, 6.45) is 0.943. The molecule has 0 unspecified atom stereocenters. The first kappa shape index (κ1) is 11.9. The van der Waals surface area contributed by atoms with Crippen LogP contribution in [-0.4, -0.2) is 19.2 Å². The first-order valence-corrected chi connectivity index (χ1v) is 5.20. The number of methoxy groups -OCH3 is 1. The Morgan fingerprint density at radius 3 is 2.33 bits per heavy atom. The largest absolute Gasteiger partial charge is 0.497 e. The minimum atomic E-state index is 0.0311. The van der Waals surface area contributed by atoms with Gasteiger partial charge < -0.3 is 15.8 Å². The lowest BCUT2D eigenvalue weighted by atomic mass is 10.0. The van der Waals surface area contributed by atoms with Gasteiger partial charge in [0.25, 0.3) is 0 Å². The topological polar surface area (TPSA) is 47.3 Å². The van der Waals surface area contributed by atoms with Crippen LogP contribution in [0.3, 0.4) is 0 Å². The molecule has 0 spiro atoms. The van der Waals surface area contributed by atoms with E-state index in [4.69, 9.17) is 10.5 Å². The summed E-state index contributed by atoms with van der Waals surface area (Å²) < 4.78 is 5.10. The van der Waals surface area contributed by atoms with Crippen molar-refractivity contribution in [2.45, 2.75) is 25.8 Å². The summed E-state index contributed by atoms with van der Waals surface area (Å²) in [7, 11) is 1.67. The van der Waals surface area contributed by atoms with Crippen molar-refractivity contribution in [2.24, 2.45) is 5.73 Å². The van der Waals surface area contributed by atoms with Crippen molar-refractivity contribution in [3.8, 4) is 5.75 Å². The number of nitrogens with one attached hydrogen (secondary N) is 1. The van der Waals surface area contributed by atoms with Gasteiger partial charge in [0.05, 0.1) is 7.11 Å². The standard InChI is InChI=1S/C12H20N2O/c1-12(2,8-9-13)14-10-4-6-11(15-3)7-5-10/h4-7,14H,8-9,13H2,1-3H3. The molecule has 3 nitrogen and oxygen atoms in total. The Bertz CT molecular complexity index is 293. The highest BCUT2D eigenvalue weighted by Crippen LogP contribution is 2.20. The summed E-state index contributed by atoms with van der Waals surface area (Å²) in [5, 5.41) is 3.43. The zero-order valence-electron chi connectivity index (χ0n) is 9.71. The van der Waals surface area contributed by atoms with Crippen LogP contribution in [-0.2, 0) is 0 Å². The van der Waals surface area contributed by atoms with Crippen LogP contribution in [0.4, 0.5) is 5.69 Å². The lowest BCUT2D eigenvalue weighted by Crippen LogP contribution is -2.33. The Morgan fingerprint density at radius 1 is 1.27 bits per heavy atom. The second-order valence-corrected chi connectivity index (χ2v) is 4.28. The Hall–Kier alpha value is -1.22. The maximum Gasteiger partial charge on any atom is 0.119 e. The van der Waals surface area contributed by atoms with Gasteiger partial charge in [-0.1, -0.05) is 0 Å². The normalized spacial score (nSPS) is 11.2. The van der Waals surface area contributed by atoms with Gasteiger partial charge in [0.1, 0.15) is 5.75 Å². The van der Waals surface area contributed by atoms with Crippen LogP contribution in [0.15, 0.2) is 24.3 Å². The van der Waals surface area contributed by atoms with E-state index in [1.165, 1.54) is 0 Å². The minimum absolute atomic E-state index is 0.0311. The van der Waals surface area contributed by atoms with Crippen LogP contribution in [0.1, 0.15) is 20.3 Å². The Kier molecular flexibility index (Phi) is 3.97. The number of hydrogen-bond acceptors (Lipinski definition) is 3. The molecule has 0 aliphatic carbocycles. The number of anilines is 1. The fraction of sp³-hybridized carbons (Fsp3) is 0.500. The molecule has 1 aromatic carbocycles. The van der Waals surface area contributed by atoms with Crippen LogP contribution in [0.5, 0.6) is 5.75 Å². The number of rotatable bonds is 5. The van der Waals surface area contributed by atoms with Crippen molar-refractivity contribution < 1.29 is 4.74 Å². The predicted octanol–water partition coefficient (Wildman–Crippen LogP) is 2.23. The van der Waals surface area contributed by atoms with E-state index >= 15 is 0 Å². The SMILES string of the molecule is COc1ccc(NC(C)(C)CCN)cc1. The summed E-state index contributed by atoms with van der Waals surface area (Å²) in [5.41, 5.74) is 6.68. The molecule has 0 radical (unpaired) electrons. The molecule has 1 aromatic rings. The van der Waals surface area contributed by atoms with Gasteiger partial charge in [0.15, 0.2) is 0 Å². The second kappa shape index (κ2) is 5.03. The molecule has 15 heavy (non-hydrogen) atoms. The highest BCUT2D eigenvalue weighted by Gasteiger charge is 2.15. The van der Waals surface area contributed by atoms with Crippen LogP contribution in [0.2, 0.25) is 0 Å². The molecule has 0 bridgehead atoms. The van der Waals surface area contributed by atoms with Gasteiger partial charge in [-0.05, 0) is 51.1 Å². The molecular weight excluding hydrogens is 188 g/mol. The predicted molar refractivity (Wildman–Crippen MR) is 64.4 cm³/mol. The molecule has 0 fully saturated rings. The van der Waals surface area contributed by atoms with Crippen LogP contribution in [0, 0.1) is 0 Å². The highest BCUT2D eigenvalue weighted by atomic mass is 16.5. The number of nitrogens with two attached hydrogens (primary N) is 1. The highest BCUT2D eigenvalue weighted by molar-refractivity contribution is 5.48. The van der Waals surface area contributed by atoms with E-state index in [0.29, 0.717) is 6.54 Å². The quantitative estimate of drug-likeness (QED) is 0.780. The van der Waals surface area contributed by atoms with Crippen LogP contribution in [0.25, 0.3) is 0 Å². The minimum Gasteiger partial charge on any atom is -0.497 e. The zero-order valence-corrected chi connectivity index (χ0v) is 9.71. The monoisotopic (exact) mass is 208 g/mol. The van der Waals surface area contributed by atoms with E-state index in [2.05, 4.69) is 19.2 Å². The Labute approximate surface area is 91.6 Å². The molecule has 0 atom stereocenters. The molecule has 0 amide bonds. The Morgan fingerprint density at radius 2 is 1.87 bits per heavy atom. The maximum atomic E-state index is 5.55. The van der Waals surface area contributed by atoms with Gasteiger partial charge >= 0.3 is 0 Å². The third-order valence-corrected chi connectivity index (χ3v) is 2.34. The van der Waals surface area contributed by atoms with Crippen molar-refractivity contribution in [1.82, 2.24) is 0 Å². The van der Waals surface area contributed by atoms with Crippen molar-refractivity contribution in [3.05, 3.63) is 24.3 Å². The molecule has 3 N–H and O–H groups in total. The van der Waals surface area contributed by atoms with Crippen LogP contribution >= 0.6 is 0 Å². The first-order valence-electron chi connectivity index (χ1n) is 5.20. The van der Waals surface area contributed by atoms with Crippen molar-refractivity contribution in [2.75, 3.05) is 19.0 Å². The third kappa shape index (κ3) is 3.80. The van der Waals surface area contributed by atoms with Gasteiger partial charge in [-0.15, -0.1) is 0 Å². The maximum absolute atomic E-state index is 5.55. The molecule has 0 saturated carbocycles. The molecule has 1 rings (SSSR count). The molecule has 0 saturated heterocycles. The summed E-state index contributed by atoms with van der Waals surface area (Å²) in [6, 6.07) is 7.91. The second-order valence-electron chi connectivity index (χ2n) is 4.28. The van der Waals surface area contributed by atoms with Gasteiger partial charge in [-0.3, -0.25) is 0 Å². The third-order valence-electron chi connectivity index (χ3n) is 2.34. The lowest BCUT2D eigenvalue weighted by Gasteiger charge is -2.27. The summed E-state index contributed by atoms with van der Waals surface area (Å²) >= 11 is 0. The fourth-order valence-electron chi connectivity index (χ4n) is 1.49. The van der Waals surface area contributed by atoms with Crippen molar-refractivity contribution in [3.63, 3.8) is 0 Å². The van der Waals surface area contributed by atoms with E-state index in [1.807, 2.05) is 24.3 Å². The fourth-order valence-corrected chi connectivity index (χ4v) is 1.49. The van der Waals surface area contributed by atoms with E-state index in [1.54, 1.807) is 7.11 Å². The van der Waals surface area contributed by atoms with Crippen LogP contribution < -0.4 is 15.8 Å². The molecular formula is C12H20N2O. The van der Waals surface area contributed by atoms with Crippen molar-refractivity contribution in [1.29, 1.82) is 0 Å². The summed E-state index contributed by atoms with van der Waals surface area (Å²) in [6.45, 7) is 4.98. The number of hydrogen-bond donors (Lipinski definition) is 2. The number of ether oxygens (including phenoxy) is 1. The summed E-state index contributed by atoms with van der Waals surface area (Å²) in [4.78, 5) is 0. The van der Waals surface area contributed by atoms with E-state index in [9.17, 15) is 0 Å². The molecule has 3 heteroatoms. The van der Waals surface area contributed by atoms with Gasteiger partial charge in [-0.2, -0.15) is 0 Å². The molecule has 0 heterocycles. The van der Waals surface area contributed by atoms with Gasteiger partial charge in [0.2, 0.25) is 0 Å². The molecule has 84 valence electrons. The van der Waals surface area contributed by atoms with E-state index in [-0.39, 0.29) is 5.54 Å². The first-order chi connectivity index (χ1) is 7.07. The zero-order chi connectivity index (χ0) is 11.3. The molecule has 0 aromatic heterocycles.